The number of rotatable bonds is 5. The molecule has 0 aliphatic carbocycles. The van der Waals surface area contributed by atoms with Crippen LogP contribution in [0, 0.1) is 6.92 Å². The minimum atomic E-state index is -3.54. The molecule has 0 unspecified atom stereocenters. The molecule has 1 aliphatic heterocycles. The summed E-state index contributed by atoms with van der Waals surface area (Å²) < 4.78 is 24.5. The van der Waals surface area contributed by atoms with Crippen molar-refractivity contribution in [2.24, 2.45) is 0 Å². The number of benzene rings is 1. The van der Waals surface area contributed by atoms with Crippen molar-refractivity contribution in [2.45, 2.75) is 43.5 Å². The lowest BCUT2D eigenvalue weighted by Gasteiger charge is -2.33. The predicted molar refractivity (Wildman–Crippen MR) is 84.8 cm³/mol. The van der Waals surface area contributed by atoms with Crippen molar-refractivity contribution in [3.05, 3.63) is 29.8 Å². The third kappa shape index (κ3) is 4.31. The summed E-state index contributed by atoms with van der Waals surface area (Å²) in [6.07, 6.45) is 1.74. The molecule has 0 aromatic heterocycles. The van der Waals surface area contributed by atoms with E-state index in [2.05, 4.69) is 0 Å². The van der Waals surface area contributed by atoms with Gasteiger partial charge in [0.05, 0.1) is 10.6 Å². The minimum absolute atomic E-state index is 0.185. The summed E-state index contributed by atoms with van der Waals surface area (Å²) in [4.78, 5) is 24.9. The van der Waals surface area contributed by atoms with E-state index >= 15 is 0 Å². The number of aryl methyl sites for hydroxylation is 1. The predicted octanol–water partition coefficient (Wildman–Crippen LogP) is 1.62. The maximum Gasteiger partial charge on any atom is 0.326 e. The van der Waals surface area contributed by atoms with Crippen LogP contribution in [0.3, 0.4) is 0 Å². The Balaban J connectivity index is 2.02. The van der Waals surface area contributed by atoms with Gasteiger partial charge in [-0.1, -0.05) is 17.7 Å². The largest absolute Gasteiger partial charge is 0.480 e. The number of likely N-dealkylation sites (tertiary alicyclic amines) is 1. The lowest BCUT2D eigenvalue weighted by atomic mass is 10.0. The smallest absolute Gasteiger partial charge is 0.326 e. The maximum atomic E-state index is 12.3. The highest BCUT2D eigenvalue weighted by atomic mass is 32.2. The summed E-state index contributed by atoms with van der Waals surface area (Å²) in [6, 6.07) is 5.63. The number of aliphatic carboxylic acids is 1. The quantitative estimate of drug-likeness (QED) is 0.880. The summed E-state index contributed by atoms with van der Waals surface area (Å²) >= 11 is 0. The first kappa shape index (κ1) is 17.5. The Kier molecular flexibility index (Phi) is 5.41. The average molecular weight is 339 g/mol. The molecular weight excluding hydrogens is 318 g/mol. The van der Waals surface area contributed by atoms with E-state index in [9.17, 15) is 23.1 Å². The molecule has 1 heterocycles. The molecule has 0 bridgehead atoms. The van der Waals surface area contributed by atoms with Crippen molar-refractivity contribution < 1.29 is 23.1 Å². The van der Waals surface area contributed by atoms with Gasteiger partial charge >= 0.3 is 5.97 Å². The second-order valence-corrected chi connectivity index (χ2v) is 7.93. The second kappa shape index (κ2) is 7.12. The van der Waals surface area contributed by atoms with Crippen LogP contribution in [0.15, 0.2) is 29.2 Å². The fourth-order valence-corrected chi connectivity index (χ4v) is 3.95. The lowest BCUT2D eigenvalue weighted by Crippen LogP contribution is -2.48. The van der Waals surface area contributed by atoms with Crippen molar-refractivity contribution in [3.63, 3.8) is 0 Å². The third-order valence-corrected chi connectivity index (χ3v) is 5.80. The molecule has 1 aromatic carbocycles. The number of carboxylic acid groups (broad SMARTS) is 1. The number of sulfone groups is 1. The standard InChI is InChI=1S/C16H21NO5S/c1-12-5-7-13(8-6-12)23(21,22)11-9-15(18)17-10-3-2-4-14(17)16(19)20/h5-8,14H,2-4,9-11H2,1H3,(H,19,20)/t14-/m1/s1. The molecule has 1 saturated heterocycles. The third-order valence-electron chi connectivity index (χ3n) is 4.07. The number of piperidine rings is 1. The van der Waals surface area contributed by atoms with Gasteiger partial charge < -0.3 is 10.0 Å². The van der Waals surface area contributed by atoms with Gasteiger partial charge in [0.2, 0.25) is 5.91 Å². The summed E-state index contributed by atoms with van der Waals surface area (Å²) in [7, 11) is -3.54. The Morgan fingerprint density at radius 1 is 1.22 bits per heavy atom. The van der Waals surface area contributed by atoms with Gasteiger partial charge in [0.15, 0.2) is 9.84 Å². The lowest BCUT2D eigenvalue weighted by molar-refractivity contribution is -0.151. The van der Waals surface area contributed by atoms with Crippen LogP contribution in [0.4, 0.5) is 0 Å². The number of carbonyl (C=O) groups excluding carboxylic acids is 1. The van der Waals surface area contributed by atoms with E-state index in [0.29, 0.717) is 13.0 Å². The fraction of sp³-hybridized carbons (Fsp3) is 0.500. The molecular formula is C16H21NO5S. The van der Waals surface area contributed by atoms with Gasteiger partial charge in [-0.3, -0.25) is 4.79 Å². The van der Waals surface area contributed by atoms with Gasteiger partial charge in [-0.15, -0.1) is 0 Å². The molecule has 1 N–H and O–H groups in total. The van der Waals surface area contributed by atoms with E-state index < -0.39 is 27.8 Å². The fourth-order valence-electron chi connectivity index (χ4n) is 2.72. The number of carboxylic acids is 1. The summed E-state index contributed by atoms with van der Waals surface area (Å²) in [5, 5.41) is 9.18. The van der Waals surface area contributed by atoms with Crippen molar-refractivity contribution in [1.82, 2.24) is 4.90 Å². The number of hydrogen-bond donors (Lipinski definition) is 1. The highest BCUT2D eigenvalue weighted by Gasteiger charge is 2.32. The number of carbonyl (C=O) groups is 2. The van der Waals surface area contributed by atoms with E-state index in [0.717, 1.165) is 18.4 Å². The Labute approximate surface area is 136 Å². The van der Waals surface area contributed by atoms with Gasteiger partial charge in [-0.05, 0) is 38.3 Å². The molecule has 2 rings (SSSR count). The zero-order valence-electron chi connectivity index (χ0n) is 13.1. The van der Waals surface area contributed by atoms with E-state index in [1.165, 1.54) is 17.0 Å². The molecule has 126 valence electrons. The van der Waals surface area contributed by atoms with Crippen molar-refractivity contribution in [3.8, 4) is 0 Å². The van der Waals surface area contributed by atoms with E-state index in [-0.39, 0.29) is 17.1 Å². The van der Waals surface area contributed by atoms with Crippen molar-refractivity contribution >= 4 is 21.7 Å². The van der Waals surface area contributed by atoms with Crippen LogP contribution < -0.4 is 0 Å². The first-order valence-corrected chi connectivity index (χ1v) is 9.28. The molecule has 1 aromatic rings. The van der Waals surface area contributed by atoms with Gasteiger partial charge in [-0.25, -0.2) is 13.2 Å². The van der Waals surface area contributed by atoms with Crippen LogP contribution >= 0.6 is 0 Å². The van der Waals surface area contributed by atoms with E-state index in [1.54, 1.807) is 12.1 Å². The minimum Gasteiger partial charge on any atom is -0.480 e. The molecule has 6 nitrogen and oxygen atoms in total. The first-order chi connectivity index (χ1) is 10.8. The normalized spacial score (nSPS) is 18.7. The van der Waals surface area contributed by atoms with Crippen LogP contribution in [0.5, 0.6) is 0 Å². The molecule has 1 fully saturated rings. The molecule has 23 heavy (non-hydrogen) atoms. The Hall–Kier alpha value is -1.89. The molecule has 0 radical (unpaired) electrons. The second-order valence-electron chi connectivity index (χ2n) is 5.82. The monoisotopic (exact) mass is 339 g/mol. The maximum absolute atomic E-state index is 12.3. The first-order valence-electron chi connectivity index (χ1n) is 7.63. The summed E-state index contributed by atoms with van der Waals surface area (Å²) in [5.41, 5.74) is 0.956. The highest BCUT2D eigenvalue weighted by molar-refractivity contribution is 7.91. The van der Waals surface area contributed by atoms with Crippen LogP contribution in [0.25, 0.3) is 0 Å². The summed E-state index contributed by atoms with van der Waals surface area (Å²) in [5.74, 6) is -1.75. The molecule has 1 aliphatic rings. The van der Waals surface area contributed by atoms with Gasteiger partial charge in [0.1, 0.15) is 6.04 Å². The zero-order valence-corrected chi connectivity index (χ0v) is 13.9. The van der Waals surface area contributed by atoms with Gasteiger partial charge in [0, 0.05) is 13.0 Å². The molecule has 0 saturated carbocycles. The molecule has 1 amide bonds. The van der Waals surface area contributed by atoms with E-state index in [4.69, 9.17) is 0 Å². The molecule has 7 heteroatoms. The Morgan fingerprint density at radius 2 is 1.87 bits per heavy atom. The number of hydrogen-bond acceptors (Lipinski definition) is 4. The van der Waals surface area contributed by atoms with Gasteiger partial charge in [-0.2, -0.15) is 0 Å². The van der Waals surface area contributed by atoms with Crippen LogP contribution in [-0.4, -0.2) is 48.6 Å². The topological polar surface area (TPSA) is 91.8 Å². The van der Waals surface area contributed by atoms with Crippen molar-refractivity contribution in [1.29, 1.82) is 0 Å². The Bertz CT molecular complexity index is 681. The van der Waals surface area contributed by atoms with E-state index in [1.807, 2.05) is 6.92 Å². The molecule has 1 atom stereocenters. The highest BCUT2D eigenvalue weighted by Crippen LogP contribution is 2.19. The average Bonchev–Trinajstić information content (AvgIpc) is 2.53. The van der Waals surface area contributed by atoms with Crippen molar-refractivity contribution in [2.75, 3.05) is 12.3 Å². The van der Waals surface area contributed by atoms with Gasteiger partial charge in [0.25, 0.3) is 0 Å². The SMILES string of the molecule is Cc1ccc(S(=O)(=O)CCC(=O)N2CCCC[C@@H]2C(=O)O)cc1. The van der Waals surface area contributed by atoms with Crippen LogP contribution in [0.1, 0.15) is 31.2 Å². The number of nitrogens with zero attached hydrogens (tertiary/aromatic N) is 1. The number of amides is 1. The van der Waals surface area contributed by atoms with Crippen LogP contribution in [-0.2, 0) is 19.4 Å². The summed E-state index contributed by atoms with van der Waals surface area (Å²) in [6.45, 7) is 2.24. The van der Waals surface area contributed by atoms with Crippen LogP contribution in [0.2, 0.25) is 0 Å². The zero-order chi connectivity index (χ0) is 17.0. The Morgan fingerprint density at radius 3 is 2.48 bits per heavy atom. The molecule has 0 spiro atoms.